The lowest BCUT2D eigenvalue weighted by Crippen LogP contribution is -2.58. The van der Waals surface area contributed by atoms with Crippen molar-refractivity contribution in [1.82, 2.24) is 0 Å². The van der Waals surface area contributed by atoms with Crippen molar-refractivity contribution in [2.75, 3.05) is 13.2 Å². The molecule has 5 atom stereocenters. The molecule has 1 heterocycles. The van der Waals surface area contributed by atoms with Crippen molar-refractivity contribution in [3.8, 4) is 0 Å². The van der Waals surface area contributed by atoms with Gasteiger partial charge in [0.2, 0.25) is 0 Å². The lowest BCUT2D eigenvalue weighted by atomic mass is 9.98. The van der Waals surface area contributed by atoms with E-state index >= 15 is 0 Å². The van der Waals surface area contributed by atoms with Gasteiger partial charge in [0.05, 0.1) is 12.7 Å². The Morgan fingerprint density at radius 3 is 2.42 bits per heavy atom. The number of azide groups is 1. The average molecular weight is 343 g/mol. The van der Waals surface area contributed by atoms with Crippen LogP contribution in [0.15, 0.2) is 17.8 Å². The summed E-state index contributed by atoms with van der Waals surface area (Å²) in [5.74, 6) is 0. The van der Waals surface area contributed by atoms with Gasteiger partial charge in [-0.15, -0.1) is 6.58 Å². The molecule has 0 saturated carbocycles. The van der Waals surface area contributed by atoms with Crippen molar-refractivity contribution in [2.24, 2.45) is 5.11 Å². The van der Waals surface area contributed by atoms with Crippen molar-refractivity contribution in [2.45, 2.75) is 75.6 Å². The highest BCUT2D eigenvalue weighted by Gasteiger charge is 2.44. The van der Waals surface area contributed by atoms with Crippen LogP contribution >= 0.6 is 0 Å². The van der Waals surface area contributed by atoms with E-state index in [1.54, 1.807) is 0 Å². The minimum atomic E-state index is -1.33. The maximum Gasteiger partial charge on any atom is 0.169 e. The first-order valence-corrected chi connectivity index (χ1v) is 8.54. The highest BCUT2D eigenvalue weighted by atomic mass is 16.7. The molecule has 0 aromatic carbocycles. The third-order valence-corrected chi connectivity index (χ3v) is 4.12. The molecule has 0 aromatic heterocycles. The molecule has 0 spiro atoms. The van der Waals surface area contributed by atoms with Crippen molar-refractivity contribution in [1.29, 1.82) is 0 Å². The summed E-state index contributed by atoms with van der Waals surface area (Å²) < 4.78 is 11.0. The van der Waals surface area contributed by atoms with Crippen LogP contribution in [-0.4, -0.2) is 59.2 Å². The van der Waals surface area contributed by atoms with E-state index in [0.717, 1.165) is 25.7 Å². The van der Waals surface area contributed by atoms with Crippen LogP contribution in [0, 0.1) is 0 Å². The Morgan fingerprint density at radius 1 is 1.12 bits per heavy atom. The number of rotatable bonds is 12. The first kappa shape index (κ1) is 20.9. The van der Waals surface area contributed by atoms with Gasteiger partial charge in [-0.05, 0) is 24.8 Å². The van der Waals surface area contributed by atoms with Crippen LogP contribution in [0.25, 0.3) is 10.4 Å². The zero-order valence-electron chi connectivity index (χ0n) is 14.0. The molecule has 3 N–H and O–H groups in total. The highest BCUT2D eigenvalue weighted by molar-refractivity contribution is 4.93. The van der Waals surface area contributed by atoms with Gasteiger partial charge in [-0.25, -0.2) is 0 Å². The number of allylic oxidation sites excluding steroid dienone is 1. The molecule has 138 valence electrons. The SMILES string of the molecule is C=CCCCCCCCCO[C@H]1O[C@H](CO)[C@H](O)[C@H](O)[C@@H]1N=[N+]=[N-]. The number of unbranched alkanes of at least 4 members (excludes halogenated alkanes) is 6. The molecule has 8 nitrogen and oxygen atoms in total. The molecule has 1 saturated heterocycles. The van der Waals surface area contributed by atoms with Crippen molar-refractivity contribution >= 4 is 0 Å². The van der Waals surface area contributed by atoms with Gasteiger partial charge < -0.3 is 24.8 Å². The van der Waals surface area contributed by atoms with E-state index in [0.29, 0.717) is 6.61 Å². The lowest BCUT2D eigenvalue weighted by Gasteiger charge is -2.40. The first-order valence-electron chi connectivity index (χ1n) is 8.54. The number of aliphatic hydroxyl groups is 3. The third-order valence-electron chi connectivity index (χ3n) is 4.12. The molecule has 0 unspecified atom stereocenters. The molecule has 0 amide bonds. The molecular formula is C16H29N3O5. The van der Waals surface area contributed by atoms with E-state index in [2.05, 4.69) is 16.6 Å². The van der Waals surface area contributed by atoms with Gasteiger partial charge in [0.1, 0.15) is 18.2 Å². The average Bonchev–Trinajstić information content (AvgIpc) is 2.59. The van der Waals surface area contributed by atoms with Crippen LogP contribution in [0.3, 0.4) is 0 Å². The van der Waals surface area contributed by atoms with E-state index in [1.807, 2.05) is 6.08 Å². The summed E-state index contributed by atoms with van der Waals surface area (Å²) in [6.45, 7) is 3.64. The van der Waals surface area contributed by atoms with Gasteiger partial charge in [-0.3, -0.25) is 0 Å². The molecule has 1 rings (SSSR count). The smallest absolute Gasteiger partial charge is 0.169 e. The van der Waals surface area contributed by atoms with Gasteiger partial charge in [-0.2, -0.15) is 0 Å². The zero-order chi connectivity index (χ0) is 17.8. The van der Waals surface area contributed by atoms with Gasteiger partial charge in [0.25, 0.3) is 0 Å². The zero-order valence-corrected chi connectivity index (χ0v) is 14.0. The largest absolute Gasteiger partial charge is 0.394 e. The molecule has 0 radical (unpaired) electrons. The second-order valence-corrected chi connectivity index (χ2v) is 5.97. The van der Waals surface area contributed by atoms with Crippen LogP contribution in [-0.2, 0) is 9.47 Å². The first-order chi connectivity index (χ1) is 11.7. The highest BCUT2D eigenvalue weighted by Crippen LogP contribution is 2.24. The summed E-state index contributed by atoms with van der Waals surface area (Å²) in [7, 11) is 0. The monoisotopic (exact) mass is 343 g/mol. The maximum absolute atomic E-state index is 9.99. The Kier molecular flexibility index (Phi) is 10.7. The molecule has 1 aliphatic heterocycles. The van der Waals surface area contributed by atoms with E-state index in [9.17, 15) is 15.3 Å². The van der Waals surface area contributed by atoms with E-state index in [-0.39, 0.29) is 0 Å². The van der Waals surface area contributed by atoms with Crippen molar-refractivity contribution in [3.05, 3.63) is 23.1 Å². The normalized spacial score (nSPS) is 29.9. The summed E-state index contributed by atoms with van der Waals surface area (Å²) in [4.78, 5) is 2.66. The van der Waals surface area contributed by atoms with Crippen LogP contribution in [0.5, 0.6) is 0 Å². The summed E-state index contributed by atoms with van der Waals surface area (Å²) >= 11 is 0. The Morgan fingerprint density at radius 2 is 1.79 bits per heavy atom. The van der Waals surface area contributed by atoms with Crippen molar-refractivity contribution < 1.29 is 24.8 Å². The second kappa shape index (κ2) is 12.2. The number of hydrogen-bond donors (Lipinski definition) is 3. The summed E-state index contributed by atoms with van der Waals surface area (Å²) in [5, 5.41) is 32.4. The maximum atomic E-state index is 9.99. The minimum Gasteiger partial charge on any atom is -0.394 e. The molecule has 0 aliphatic carbocycles. The molecular weight excluding hydrogens is 314 g/mol. The van der Waals surface area contributed by atoms with Gasteiger partial charge in [-0.1, -0.05) is 36.9 Å². The summed E-state index contributed by atoms with van der Waals surface area (Å²) in [6, 6.07) is -1.04. The lowest BCUT2D eigenvalue weighted by molar-refractivity contribution is -0.265. The topological polar surface area (TPSA) is 128 Å². The predicted octanol–water partition coefficient (Wildman–Crippen LogP) is 2.04. The predicted molar refractivity (Wildman–Crippen MR) is 89.2 cm³/mol. The van der Waals surface area contributed by atoms with E-state index in [4.69, 9.17) is 15.0 Å². The van der Waals surface area contributed by atoms with Gasteiger partial charge >= 0.3 is 0 Å². The number of ether oxygens (including phenoxy) is 2. The van der Waals surface area contributed by atoms with E-state index in [1.165, 1.54) is 19.3 Å². The number of aliphatic hydroxyl groups excluding tert-OH is 3. The van der Waals surface area contributed by atoms with Crippen LogP contribution in [0.1, 0.15) is 44.9 Å². The fourth-order valence-corrected chi connectivity index (χ4v) is 2.68. The second-order valence-electron chi connectivity index (χ2n) is 5.97. The number of nitrogens with zero attached hydrogens (tertiary/aromatic N) is 3. The fraction of sp³-hybridized carbons (Fsp3) is 0.875. The minimum absolute atomic E-state index is 0.399. The Balaban J connectivity index is 2.30. The van der Waals surface area contributed by atoms with Crippen molar-refractivity contribution in [3.63, 3.8) is 0 Å². The van der Waals surface area contributed by atoms with Crippen LogP contribution in [0.4, 0.5) is 0 Å². The summed E-state index contributed by atoms with van der Waals surface area (Å²) in [6.07, 6.45) is 4.91. The standard InChI is InChI=1S/C16H29N3O5/c1-2-3-4-5-6-7-8-9-10-23-16-13(18-19-17)15(22)14(21)12(11-20)24-16/h2,12-16,20-22H,1,3-11H2/t12-,13+,14+,15-,16+/m1/s1. The Bertz CT molecular complexity index is 403. The van der Waals surface area contributed by atoms with Crippen LogP contribution in [0.2, 0.25) is 0 Å². The molecule has 0 aromatic rings. The van der Waals surface area contributed by atoms with Crippen LogP contribution < -0.4 is 0 Å². The fourth-order valence-electron chi connectivity index (χ4n) is 2.68. The molecule has 24 heavy (non-hydrogen) atoms. The molecule has 0 bridgehead atoms. The molecule has 1 fully saturated rings. The number of hydrogen-bond acceptors (Lipinski definition) is 6. The Hall–Kier alpha value is -1.15. The molecule has 1 aliphatic rings. The summed E-state index contributed by atoms with van der Waals surface area (Å²) in [5.41, 5.74) is 8.59. The Labute approximate surface area is 142 Å². The molecule has 8 heteroatoms. The third kappa shape index (κ3) is 6.76. The van der Waals surface area contributed by atoms with E-state index < -0.39 is 37.3 Å². The van der Waals surface area contributed by atoms with Gasteiger partial charge in [0.15, 0.2) is 6.29 Å². The quantitative estimate of drug-likeness (QED) is 0.164. The van der Waals surface area contributed by atoms with Gasteiger partial charge in [0, 0.05) is 11.5 Å².